The molecule has 3 heteroatoms. The normalized spacial score (nSPS) is 16.4. The lowest BCUT2D eigenvalue weighted by atomic mass is 9.78. The van der Waals surface area contributed by atoms with Crippen molar-refractivity contribution in [1.29, 1.82) is 0 Å². The minimum atomic E-state index is -0.833. The Morgan fingerprint density at radius 1 is 1.35 bits per heavy atom. The van der Waals surface area contributed by atoms with Gasteiger partial charge in [0.1, 0.15) is 5.75 Å². The molecule has 1 heterocycles. The summed E-state index contributed by atoms with van der Waals surface area (Å²) in [6.07, 6.45) is 5.03. The Morgan fingerprint density at radius 3 is 2.75 bits per heavy atom. The van der Waals surface area contributed by atoms with Crippen LogP contribution < -0.4 is 4.74 Å². The minimum Gasteiger partial charge on any atom is -0.493 e. The van der Waals surface area contributed by atoms with Gasteiger partial charge in [-0.3, -0.25) is 0 Å². The number of benzene rings is 1. The summed E-state index contributed by atoms with van der Waals surface area (Å²) in [4.78, 5) is 11.5. The van der Waals surface area contributed by atoms with Crippen LogP contribution in [0.5, 0.6) is 5.75 Å². The van der Waals surface area contributed by atoms with E-state index in [-0.39, 0.29) is 5.41 Å². The third-order valence-corrected chi connectivity index (χ3v) is 4.20. The molecule has 0 saturated heterocycles. The number of rotatable bonds is 5. The van der Waals surface area contributed by atoms with E-state index in [4.69, 9.17) is 4.74 Å². The van der Waals surface area contributed by atoms with E-state index < -0.39 is 5.97 Å². The Balaban J connectivity index is 2.40. The molecule has 0 atom stereocenters. The molecule has 0 unspecified atom stereocenters. The second-order valence-corrected chi connectivity index (χ2v) is 6.25. The highest BCUT2D eigenvalue weighted by Crippen LogP contribution is 2.40. The molecule has 0 radical (unpaired) electrons. The number of aromatic carboxylic acids is 1. The summed E-state index contributed by atoms with van der Waals surface area (Å²) in [7, 11) is 0. The lowest BCUT2D eigenvalue weighted by Crippen LogP contribution is -2.27. The summed E-state index contributed by atoms with van der Waals surface area (Å²) >= 11 is 0. The predicted octanol–water partition coefficient (Wildman–Crippen LogP) is 4.18. The first-order chi connectivity index (χ1) is 9.45. The fourth-order valence-electron chi connectivity index (χ4n) is 2.79. The molecule has 1 N–H and O–H groups in total. The number of fused-ring (bicyclic) bond motifs is 1. The fraction of sp³-hybridized carbons (Fsp3) is 0.588. The van der Waals surface area contributed by atoms with Gasteiger partial charge < -0.3 is 9.84 Å². The van der Waals surface area contributed by atoms with Crippen LogP contribution in [-0.2, 0) is 11.8 Å². The van der Waals surface area contributed by atoms with Crippen LogP contribution in [0.1, 0.15) is 67.9 Å². The Bertz CT molecular complexity index is 503. The van der Waals surface area contributed by atoms with Crippen molar-refractivity contribution in [2.45, 2.75) is 58.3 Å². The first-order valence-corrected chi connectivity index (χ1v) is 7.49. The van der Waals surface area contributed by atoms with Crippen molar-refractivity contribution in [2.75, 3.05) is 6.61 Å². The Kier molecular flexibility index (Phi) is 4.36. The lowest BCUT2D eigenvalue weighted by molar-refractivity contribution is 0.0695. The molecular weight excluding hydrogens is 252 g/mol. The van der Waals surface area contributed by atoms with Gasteiger partial charge in [0.2, 0.25) is 0 Å². The minimum absolute atomic E-state index is 0.0142. The number of hydrogen-bond acceptors (Lipinski definition) is 2. The lowest BCUT2D eigenvalue weighted by Gasteiger charge is -2.33. The number of carboxylic acids is 1. The highest BCUT2D eigenvalue weighted by Gasteiger charge is 2.30. The van der Waals surface area contributed by atoms with Crippen molar-refractivity contribution >= 4 is 5.97 Å². The van der Waals surface area contributed by atoms with Crippen LogP contribution in [0, 0.1) is 0 Å². The molecule has 20 heavy (non-hydrogen) atoms. The van der Waals surface area contributed by atoms with Crippen molar-refractivity contribution < 1.29 is 14.6 Å². The molecule has 1 aliphatic rings. The molecule has 1 aromatic rings. The Labute approximate surface area is 121 Å². The average molecular weight is 276 g/mol. The molecule has 3 nitrogen and oxygen atoms in total. The van der Waals surface area contributed by atoms with E-state index >= 15 is 0 Å². The van der Waals surface area contributed by atoms with Crippen LogP contribution in [0.3, 0.4) is 0 Å². The highest BCUT2D eigenvalue weighted by molar-refractivity contribution is 5.90. The SMILES string of the molecule is CCCCCc1cc2c(cc1C(=O)O)C(C)(C)CCO2. The Hall–Kier alpha value is -1.51. The quantitative estimate of drug-likeness (QED) is 0.821. The van der Waals surface area contributed by atoms with Crippen LogP contribution in [0.15, 0.2) is 12.1 Å². The van der Waals surface area contributed by atoms with E-state index in [1.165, 1.54) is 0 Å². The first kappa shape index (κ1) is 14.9. The summed E-state index contributed by atoms with van der Waals surface area (Å²) in [5, 5.41) is 9.45. The van der Waals surface area contributed by atoms with Crippen molar-refractivity contribution in [1.82, 2.24) is 0 Å². The van der Waals surface area contributed by atoms with E-state index in [1.807, 2.05) is 12.1 Å². The zero-order chi connectivity index (χ0) is 14.8. The van der Waals surface area contributed by atoms with Crippen LogP contribution in [0.25, 0.3) is 0 Å². The van der Waals surface area contributed by atoms with E-state index in [1.54, 1.807) is 0 Å². The molecule has 0 bridgehead atoms. The third-order valence-electron chi connectivity index (χ3n) is 4.20. The van der Waals surface area contributed by atoms with E-state index in [0.29, 0.717) is 12.2 Å². The summed E-state index contributed by atoms with van der Waals surface area (Å²) in [6.45, 7) is 7.16. The van der Waals surface area contributed by atoms with Gasteiger partial charge in [0, 0.05) is 5.56 Å². The largest absolute Gasteiger partial charge is 0.493 e. The summed E-state index contributed by atoms with van der Waals surface area (Å²) in [6, 6.07) is 3.79. The van der Waals surface area contributed by atoms with Crippen LogP contribution in [0.2, 0.25) is 0 Å². The second kappa shape index (κ2) is 5.86. The zero-order valence-corrected chi connectivity index (χ0v) is 12.7. The van der Waals surface area contributed by atoms with Crippen molar-refractivity contribution in [3.63, 3.8) is 0 Å². The predicted molar refractivity (Wildman–Crippen MR) is 79.8 cm³/mol. The van der Waals surface area contributed by atoms with Crippen LogP contribution in [0.4, 0.5) is 0 Å². The van der Waals surface area contributed by atoms with Crippen LogP contribution in [-0.4, -0.2) is 17.7 Å². The molecule has 0 spiro atoms. The van der Waals surface area contributed by atoms with E-state index in [2.05, 4.69) is 20.8 Å². The fourth-order valence-corrected chi connectivity index (χ4v) is 2.79. The van der Waals surface area contributed by atoms with Crippen molar-refractivity contribution in [2.24, 2.45) is 0 Å². The van der Waals surface area contributed by atoms with Gasteiger partial charge in [-0.2, -0.15) is 0 Å². The first-order valence-electron chi connectivity index (χ1n) is 7.49. The monoisotopic (exact) mass is 276 g/mol. The van der Waals surface area contributed by atoms with E-state index in [9.17, 15) is 9.90 Å². The topological polar surface area (TPSA) is 46.5 Å². The van der Waals surface area contributed by atoms with Gasteiger partial charge in [-0.1, -0.05) is 33.6 Å². The maximum absolute atomic E-state index is 11.5. The van der Waals surface area contributed by atoms with Gasteiger partial charge in [0.25, 0.3) is 0 Å². The second-order valence-electron chi connectivity index (χ2n) is 6.25. The number of aryl methyl sites for hydroxylation is 1. The summed E-state index contributed by atoms with van der Waals surface area (Å²) in [5.41, 5.74) is 2.36. The van der Waals surface area contributed by atoms with Crippen LogP contribution >= 0.6 is 0 Å². The molecule has 0 aliphatic carbocycles. The smallest absolute Gasteiger partial charge is 0.335 e. The highest BCUT2D eigenvalue weighted by atomic mass is 16.5. The van der Waals surface area contributed by atoms with Gasteiger partial charge in [0.05, 0.1) is 12.2 Å². The number of carboxylic acid groups (broad SMARTS) is 1. The molecular formula is C17H24O3. The molecule has 1 aliphatic heterocycles. The summed E-state index contributed by atoms with van der Waals surface area (Å²) < 4.78 is 5.75. The molecule has 1 aromatic carbocycles. The van der Waals surface area contributed by atoms with Crippen molar-refractivity contribution in [3.05, 3.63) is 28.8 Å². The molecule has 0 saturated carbocycles. The third kappa shape index (κ3) is 2.97. The molecule has 2 rings (SSSR count). The molecule has 0 amide bonds. The standard InChI is InChI=1S/C17H24O3/c1-4-5-6-7-12-10-15-14(11-13(12)16(18)19)17(2,3)8-9-20-15/h10-11H,4-9H2,1-3H3,(H,18,19). The maximum Gasteiger partial charge on any atom is 0.335 e. The maximum atomic E-state index is 11.5. The van der Waals surface area contributed by atoms with Gasteiger partial charge in [-0.15, -0.1) is 0 Å². The zero-order valence-electron chi connectivity index (χ0n) is 12.7. The van der Waals surface area contributed by atoms with Gasteiger partial charge >= 0.3 is 5.97 Å². The number of ether oxygens (including phenoxy) is 1. The molecule has 0 aromatic heterocycles. The molecule has 0 fully saturated rings. The van der Waals surface area contributed by atoms with Gasteiger partial charge in [-0.25, -0.2) is 4.79 Å². The van der Waals surface area contributed by atoms with Gasteiger partial charge in [-0.05, 0) is 42.4 Å². The Morgan fingerprint density at radius 2 is 2.10 bits per heavy atom. The van der Waals surface area contributed by atoms with Gasteiger partial charge in [0.15, 0.2) is 0 Å². The average Bonchev–Trinajstić information content (AvgIpc) is 2.37. The molecule has 110 valence electrons. The van der Waals surface area contributed by atoms with Crippen molar-refractivity contribution in [3.8, 4) is 5.75 Å². The number of hydrogen-bond donors (Lipinski definition) is 1. The number of unbranched alkanes of at least 4 members (excludes halogenated alkanes) is 2. The number of carbonyl (C=O) groups is 1. The summed E-state index contributed by atoms with van der Waals surface area (Å²) in [5.74, 6) is 0.0402. The van der Waals surface area contributed by atoms with E-state index in [0.717, 1.165) is 49.0 Å².